The molecule has 0 radical (unpaired) electrons. The van der Waals surface area contributed by atoms with Crippen LogP contribution >= 0.6 is 0 Å². The molecular formula is C17H23N3O5. The number of rotatable bonds is 8. The van der Waals surface area contributed by atoms with Crippen molar-refractivity contribution in [1.82, 2.24) is 15.4 Å². The Bertz CT molecular complexity index is 597. The van der Waals surface area contributed by atoms with Crippen LogP contribution in [0.15, 0.2) is 30.3 Å². The van der Waals surface area contributed by atoms with E-state index in [0.29, 0.717) is 32.6 Å². The first-order valence-corrected chi connectivity index (χ1v) is 8.38. The van der Waals surface area contributed by atoms with Crippen LogP contribution in [0.1, 0.15) is 18.4 Å². The van der Waals surface area contributed by atoms with Gasteiger partial charge in [-0.1, -0.05) is 30.3 Å². The van der Waals surface area contributed by atoms with Gasteiger partial charge in [-0.2, -0.15) is 5.06 Å². The summed E-state index contributed by atoms with van der Waals surface area (Å²) in [5.41, 5.74) is 3.38. The molecule has 136 valence electrons. The molecule has 2 atom stereocenters. The van der Waals surface area contributed by atoms with Crippen molar-refractivity contribution in [2.24, 2.45) is 0 Å². The van der Waals surface area contributed by atoms with Gasteiger partial charge in [0.15, 0.2) is 0 Å². The molecule has 2 aliphatic rings. The summed E-state index contributed by atoms with van der Waals surface area (Å²) in [6, 6.07) is 8.86. The van der Waals surface area contributed by atoms with Gasteiger partial charge < -0.3 is 9.64 Å². The molecule has 0 aliphatic carbocycles. The number of benzene rings is 1. The molecule has 0 saturated carbocycles. The molecule has 25 heavy (non-hydrogen) atoms. The fraction of sp³-hybridized carbons (Fsp3) is 0.529. The Morgan fingerprint density at radius 2 is 2.04 bits per heavy atom. The summed E-state index contributed by atoms with van der Waals surface area (Å²) < 4.78 is 4.85. The molecule has 8 heteroatoms. The third-order valence-corrected chi connectivity index (χ3v) is 4.40. The van der Waals surface area contributed by atoms with E-state index in [1.807, 2.05) is 30.3 Å². The lowest BCUT2D eigenvalue weighted by atomic mass is 10.0. The highest BCUT2D eigenvalue weighted by molar-refractivity contribution is 5.88. The van der Waals surface area contributed by atoms with Crippen LogP contribution in [0.5, 0.6) is 0 Å². The molecule has 2 heterocycles. The zero-order valence-electron chi connectivity index (χ0n) is 14.2. The highest BCUT2D eigenvalue weighted by atomic mass is 16.7. The molecule has 0 spiro atoms. The van der Waals surface area contributed by atoms with Gasteiger partial charge in [0.05, 0.1) is 19.3 Å². The van der Waals surface area contributed by atoms with Gasteiger partial charge in [-0.25, -0.2) is 10.3 Å². The summed E-state index contributed by atoms with van der Waals surface area (Å²) in [5.74, 6) is -0.312. The molecule has 3 amide bonds. The smallest absolute Gasteiger partial charge is 0.345 e. The minimum absolute atomic E-state index is 0.0188. The van der Waals surface area contributed by atoms with Gasteiger partial charge in [-0.3, -0.25) is 14.5 Å². The van der Waals surface area contributed by atoms with Gasteiger partial charge in [0.2, 0.25) is 0 Å². The number of nitrogens with one attached hydrogen (secondary N) is 1. The van der Waals surface area contributed by atoms with Crippen LogP contribution in [0.4, 0.5) is 4.79 Å². The molecule has 1 aromatic rings. The van der Waals surface area contributed by atoms with Gasteiger partial charge in [0.25, 0.3) is 5.91 Å². The monoisotopic (exact) mass is 349 g/mol. The fourth-order valence-corrected chi connectivity index (χ4v) is 3.10. The maximum absolute atomic E-state index is 12.6. The van der Waals surface area contributed by atoms with Gasteiger partial charge in [-0.15, -0.1) is 0 Å². The van der Waals surface area contributed by atoms with E-state index in [2.05, 4.69) is 5.48 Å². The molecule has 2 fully saturated rings. The topological polar surface area (TPSA) is 80.3 Å². The highest BCUT2D eigenvalue weighted by Gasteiger charge is 2.47. The van der Waals surface area contributed by atoms with Crippen LogP contribution < -0.4 is 5.48 Å². The van der Waals surface area contributed by atoms with Gasteiger partial charge in [0, 0.05) is 13.7 Å². The molecule has 1 N–H and O–H groups in total. The number of hydrogen-bond donors (Lipinski definition) is 1. The third kappa shape index (κ3) is 4.09. The average molecular weight is 349 g/mol. The Balaban J connectivity index is 1.54. The predicted molar refractivity (Wildman–Crippen MR) is 88.0 cm³/mol. The fourth-order valence-electron chi connectivity index (χ4n) is 3.10. The van der Waals surface area contributed by atoms with Gasteiger partial charge >= 0.3 is 6.03 Å². The first-order chi connectivity index (χ1) is 12.2. The van der Waals surface area contributed by atoms with Crippen LogP contribution in [0, 0.1) is 0 Å². The Hall–Kier alpha value is -2.16. The lowest BCUT2D eigenvalue weighted by molar-refractivity contribution is -0.141. The average Bonchev–Trinajstić information content (AvgIpc) is 2.88. The maximum Gasteiger partial charge on any atom is 0.345 e. The number of carbonyl (C=O) groups excluding carboxylic acids is 2. The Morgan fingerprint density at radius 1 is 1.24 bits per heavy atom. The molecule has 8 nitrogen and oxygen atoms in total. The molecular weight excluding hydrogens is 326 g/mol. The number of ether oxygens (including phenoxy) is 1. The van der Waals surface area contributed by atoms with E-state index in [1.54, 1.807) is 12.0 Å². The van der Waals surface area contributed by atoms with Crippen molar-refractivity contribution in [3.8, 4) is 0 Å². The van der Waals surface area contributed by atoms with E-state index in [0.717, 1.165) is 5.56 Å². The molecule has 0 aromatic heterocycles. The second-order valence-corrected chi connectivity index (χ2v) is 6.07. The number of urea groups is 1. The van der Waals surface area contributed by atoms with Crippen LogP contribution in [-0.2, 0) is 25.8 Å². The Morgan fingerprint density at radius 3 is 2.80 bits per heavy atom. The first-order valence-electron chi connectivity index (χ1n) is 8.38. The molecule has 2 bridgehead atoms. The summed E-state index contributed by atoms with van der Waals surface area (Å²) >= 11 is 0. The van der Waals surface area contributed by atoms with Crippen molar-refractivity contribution < 1.29 is 24.0 Å². The number of piperidine rings is 1. The Labute approximate surface area is 146 Å². The summed E-state index contributed by atoms with van der Waals surface area (Å²) in [6.07, 6.45) is 1.30. The molecule has 2 aliphatic heterocycles. The lowest BCUT2D eigenvalue weighted by Crippen LogP contribution is -2.49. The van der Waals surface area contributed by atoms with E-state index in [-0.39, 0.29) is 24.6 Å². The van der Waals surface area contributed by atoms with Crippen molar-refractivity contribution in [1.29, 1.82) is 0 Å². The number of carbonyl (C=O) groups is 2. The number of hydroxylamine groups is 3. The summed E-state index contributed by atoms with van der Waals surface area (Å²) in [6.45, 7) is 1.46. The minimum atomic E-state index is -0.531. The largest absolute Gasteiger partial charge is 0.382 e. The van der Waals surface area contributed by atoms with Crippen LogP contribution in [-0.4, -0.2) is 60.9 Å². The van der Waals surface area contributed by atoms with E-state index < -0.39 is 6.04 Å². The number of nitrogens with zero attached hydrogens (tertiary/aromatic N) is 2. The van der Waals surface area contributed by atoms with Crippen molar-refractivity contribution >= 4 is 11.9 Å². The summed E-state index contributed by atoms with van der Waals surface area (Å²) in [4.78, 5) is 37.2. The summed E-state index contributed by atoms with van der Waals surface area (Å²) in [7, 11) is 1.55. The summed E-state index contributed by atoms with van der Waals surface area (Å²) in [5, 5.41) is 1.41. The molecule has 3 rings (SSSR count). The first kappa shape index (κ1) is 17.7. The van der Waals surface area contributed by atoms with E-state index in [1.165, 1.54) is 5.06 Å². The molecule has 2 saturated heterocycles. The van der Waals surface area contributed by atoms with E-state index in [4.69, 9.17) is 14.4 Å². The minimum Gasteiger partial charge on any atom is -0.382 e. The van der Waals surface area contributed by atoms with Crippen molar-refractivity contribution in [3.63, 3.8) is 0 Å². The highest BCUT2D eigenvalue weighted by Crippen LogP contribution is 2.30. The number of hydrogen-bond acceptors (Lipinski definition) is 5. The number of amides is 3. The normalized spacial score (nSPS) is 22.4. The molecule has 0 unspecified atom stereocenters. The zero-order chi connectivity index (χ0) is 17.6. The van der Waals surface area contributed by atoms with E-state index in [9.17, 15) is 9.59 Å². The van der Waals surface area contributed by atoms with Crippen molar-refractivity contribution in [3.05, 3.63) is 35.9 Å². The van der Waals surface area contributed by atoms with Gasteiger partial charge in [-0.05, 0) is 18.4 Å². The maximum atomic E-state index is 12.6. The van der Waals surface area contributed by atoms with Crippen LogP contribution in [0.2, 0.25) is 0 Å². The van der Waals surface area contributed by atoms with Crippen LogP contribution in [0.25, 0.3) is 0 Å². The molecule has 1 aromatic carbocycles. The third-order valence-electron chi connectivity index (χ3n) is 4.40. The second-order valence-electron chi connectivity index (χ2n) is 6.07. The van der Waals surface area contributed by atoms with Gasteiger partial charge in [0.1, 0.15) is 12.6 Å². The number of methoxy groups -OCH3 is 1. The Kier molecular flexibility index (Phi) is 5.85. The van der Waals surface area contributed by atoms with Crippen molar-refractivity contribution in [2.45, 2.75) is 31.5 Å². The van der Waals surface area contributed by atoms with E-state index >= 15 is 0 Å². The quantitative estimate of drug-likeness (QED) is 0.561. The standard InChI is InChI=1S/C17H23N3O5/c1-23-9-10-24-18-16(21)15-8-7-14-11-19(15)17(22)20(14)25-12-13-5-3-2-4-6-13/h2-6,14-15H,7-12H2,1H3,(H,18,21)/t14-,15+/m1/s1. The predicted octanol–water partition coefficient (Wildman–Crippen LogP) is 1.08. The zero-order valence-corrected chi connectivity index (χ0v) is 14.2. The number of fused-ring (bicyclic) bond motifs is 2. The lowest BCUT2D eigenvalue weighted by Gasteiger charge is -2.28. The van der Waals surface area contributed by atoms with Crippen LogP contribution in [0.3, 0.4) is 0 Å². The second kappa shape index (κ2) is 8.28. The SMILES string of the molecule is COCCONC(=O)[C@@H]1CC[C@@H]2CN1C(=O)N2OCc1ccccc1. The van der Waals surface area contributed by atoms with Crippen molar-refractivity contribution in [2.75, 3.05) is 26.9 Å².